The van der Waals surface area contributed by atoms with Crippen LogP contribution in [0.3, 0.4) is 0 Å². The Balaban J connectivity index is 2.82. The number of hydrogen-bond acceptors (Lipinski definition) is 0. The largest absolute Gasteiger partial charge is 0.113 e. The second-order valence-electron chi connectivity index (χ2n) is 3.03. The van der Waals surface area contributed by atoms with Crippen LogP contribution in [0.25, 0.3) is 0 Å². The van der Waals surface area contributed by atoms with Crippen molar-refractivity contribution >= 4 is 23.2 Å². The summed E-state index contributed by atoms with van der Waals surface area (Å²) in [6.07, 6.45) is 5.99. The van der Waals surface area contributed by atoms with Crippen LogP contribution in [0.4, 0.5) is 0 Å². The van der Waals surface area contributed by atoms with Crippen molar-refractivity contribution in [1.29, 1.82) is 0 Å². The van der Waals surface area contributed by atoms with Crippen molar-refractivity contribution in [3.63, 3.8) is 0 Å². The lowest BCUT2D eigenvalue weighted by Gasteiger charge is -2.23. The zero-order valence-corrected chi connectivity index (χ0v) is 8.34. The molecule has 0 fully saturated rings. The highest BCUT2D eigenvalue weighted by atomic mass is 35.5. The summed E-state index contributed by atoms with van der Waals surface area (Å²) in [6.45, 7) is 4.06. The van der Waals surface area contributed by atoms with Crippen molar-refractivity contribution in [3.8, 4) is 0 Å². The average Bonchev–Trinajstić information content (AvgIpc) is 1.95. The van der Waals surface area contributed by atoms with Gasteiger partial charge in [-0.05, 0) is 25.8 Å². The van der Waals surface area contributed by atoms with Crippen LogP contribution in [0.5, 0.6) is 0 Å². The molecule has 0 aromatic heterocycles. The molecule has 2 heteroatoms. The van der Waals surface area contributed by atoms with Crippen LogP contribution in [0.1, 0.15) is 26.7 Å². The summed E-state index contributed by atoms with van der Waals surface area (Å²) in [5, 5.41) is 0.763. The normalized spacial score (nSPS) is 31.3. The van der Waals surface area contributed by atoms with E-state index >= 15 is 0 Å². The number of halogens is 2. The molecular weight excluding hydrogens is 179 g/mol. The average molecular weight is 191 g/mol. The summed E-state index contributed by atoms with van der Waals surface area (Å²) < 4.78 is 0. The van der Waals surface area contributed by atoms with Gasteiger partial charge in [0.05, 0.1) is 4.87 Å². The van der Waals surface area contributed by atoms with Gasteiger partial charge in [0, 0.05) is 5.03 Å². The van der Waals surface area contributed by atoms with E-state index in [1.165, 1.54) is 5.57 Å². The maximum atomic E-state index is 6.10. The monoisotopic (exact) mass is 190 g/mol. The summed E-state index contributed by atoms with van der Waals surface area (Å²) in [5.41, 5.74) is 1.29. The molecular formula is C9H12Cl2. The highest BCUT2D eigenvalue weighted by Gasteiger charge is 2.26. The van der Waals surface area contributed by atoms with E-state index in [9.17, 15) is 0 Å². The molecule has 1 unspecified atom stereocenters. The molecule has 0 aromatic rings. The van der Waals surface area contributed by atoms with Crippen LogP contribution in [-0.4, -0.2) is 4.87 Å². The van der Waals surface area contributed by atoms with Gasteiger partial charge in [0.2, 0.25) is 0 Å². The first-order valence-electron chi connectivity index (χ1n) is 3.82. The first-order valence-corrected chi connectivity index (χ1v) is 4.57. The highest BCUT2D eigenvalue weighted by Crippen LogP contribution is 2.36. The van der Waals surface area contributed by atoms with E-state index in [-0.39, 0.29) is 4.87 Å². The van der Waals surface area contributed by atoms with Gasteiger partial charge in [0.25, 0.3) is 0 Å². The number of hydrogen-bond donors (Lipinski definition) is 0. The first kappa shape index (κ1) is 9.15. The van der Waals surface area contributed by atoms with Crippen LogP contribution in [0.15, 0.2) is 22.8 Å². The van der Waals surface area contributed by atoms with Crippen molar-refractivity contribution in [1.82, 2.24) is 0 Å². The van der Waals surface area contributed by atoms with Crippen molar-refractivity contribution < 1.29 is 0 Å². The van der Waals surface area contributed by atoms with Gasteiger partial charge >= 0.3 is 0 Å². The third-order valence-corrected chi connectivity index (χ3v) is 2.95. The minimum atomic E-state index is -0.361. The fourth-order valence-electron chi connectivity index (χ4n) is 1.04. The van der Waals surface area contributed by atoms with E-state index < -0.39 is 0 Å². The fourth-order valence-corrected chi connectivity index (χ4v) is 1.39. The summed E-state index contributed by atoms with van der Waals surface area (Å²) >= 11 is 12.1. The standard InChI is InChI=1S/C9H12Cl2/c1-3-7-4-5-9(2,11)8(10)6-7/h4,6H,3,5H2,1-2H3. The molecule has 0 aliphatic heterocycles. The van der Waals surface area contributed by atoms with Gasteiger partial charge in [0.1, 0.15) is 0 Å². The first-order chi connectivity index (χ1) is 5.06. The lowest BCUT2D eigenvalue weighted by Crippen LogP contribution is -2.18. The summed E-state index contributed by atoms with van der Waals surface area (Å²) in [4.78, 5) is -0.361. The zero-order chi connectivity index (χ0) is 8.48. The predicted molar refractivity (Wildman–Crippen MR) is 51.2 cm³/mol. The smallest absolute Gasteiger partial charge is 0.0807 e. The van der Waals surface area contributed by atoms with Gasteiger partial charge in [-0.15, -0.1) is 11.6 Å². The maximum absolute atomic E-state index is 6.10. The Morgan fingerprint density at radius 2 is 2.27 bits per heavy atom. The number of alkyl halides is 1. The van der Waals surface area contributed by atoms with E-state index in [2.05, 4.69) is 13.0 Å². The Hall–Kier alpha value is 0.0600. The van der Waals surface area contributed by atoms with Gasteiger partial charge < -0.3 is 0 Å². The van der Waals surface area contributed by atoms with Gasteiger partial charge in [-0.3, -0.25) is 0 Å². The summed E-state index contributed by atoms with van der Waals surface area (Å²) in [7, 11) is 0. The van der Waals surface area contributed by atoms with Crippen molar-refractivity contribution in [3.05, 3.63) is 22.8 Å². The molecule has 1 atom stereocenters. The van der Waals surface area contributed by atoms with Crippen LogP contribution in [0.2, 0.25) is 0 Å². The molecule has 0 heterocycles. The predicted octanol–water partition coefficient (Wildman–Crippen LogP) is 3.85. The minimum Gasteiger partial charge on any atom is -0.113 e. The van der Waals surface area contributed by atoms with Crippen molar-refractivity contribution in [2.45, 2.75) is 31.6 Å². The highest BCUT2D eigenvalue weighted by molar-refractivity contribution is 6.39. The van der Waals surface area contributed by atoms with Crippen LogP contribution < -0.4 is 0 Å². The molecule has 0 bridgehead atoms. The van der Waals surface area contributed by atoms with Gasteiger partial charge in [0.15, 0.2) is 0 Å². The summed E-state index contributed by atoms with van der Waals surface area (Å²) in [6, 6.07) is 0. The minimum absolute atomic E-state index is 0.361. The third kappa shape index (κ3) is 2.00. The second kappa shape index (κ2) is 3.20. The third-order valence-electron chi connectivity index (χ3n) is 1.97. The molecule has 0 saturated heterocycles. The maximum Gasteiger partial charge on any atom is 0.0807 e. The van der Waals surface area contributed by atoms with Gasteiger partial charge in [-0.2, -0.15) is 0 Å². The van der Waals surface area contributed by atoms with E-state index in [0.717, 1.165) is 17.9 Å². The molecule has 0 spiro atoms. The van der Waals surface area contributed by atoms with E-state index in [1.54, 1.807) is 0 Å². The lowest BCUT2D eigenvalue weighted by molar-refractivity contribution is 0.756. The Kier molecular flexibility index (Phi) is 2.66. The van der Waals surface area contributed by atoms with Crippen LogP contribution >= 0.6 is 23.2 Å². The Bertz CT molecular complexity index is 212. The Morgan fingerprint density at radius 1 is 1.64 bits per heavy atom. The number of rotatable bonds is 1. The Morgan fingerprint density at radius 3 is 2.73 bits per heavy atom. The Labute approximate surface area is 77.9 Å². The van der Waals surface area contributed by atoms with E-state index in [4.69, 9.17) is 23.2 Å². The van der Waals surface area contributed by atoms with Crippen LogP contribution in [0, 0.1) is 0 Å². The fraction of sp³-hybridized carbons (Fsp3) is 0.556. The molecule has 0 nitrogen and oxygen atoms in total. The number of allylic oxidation sites excluding steroid dienone is 4. The van der Waals surface area contributed by atoms with E-state index in [1.807, 2.05) is 13.0 Å². The van der Waals surface area contributed by atoms with Crippen molar-refractivity contribution in [2.24, 2.45) is 0 Å². The molecule has 0 N–H and O–H groups in total. The molecule has 1 aliphatic carbocycles. The molecule has 0 aromatic carbocycles. The molecule has 1 aliphatic rings. The zero-order valence-electron chi connectivity index (χ0n) is 6.82. The SMILES string of the molecule is CCC1=CCC(C)(Cl)C(Cl)=C1. The van der Waals surface area contributed by atoms with Crippen LogP contribution in [-0.2, 0) is 0 Å². The topological polar surface area (TPSA) is 0 Å². The molecule has 0 radical (unpaired) electrons. The summed E-state index contributed by atoms with van der Waals surface area (Å²) in [5.74, 6) is 0. The lowest BCUT2D eigenvalue weighted by atomic mass is 9.96. The second-order valence-corrected chi connectivity index (χ2v) is 4.27. The van der Waals surface area contributed by atoms with Gasteiger partial charge in [-0.1, -0.05) is 30.2 Å². The van der Waals surface area contributed by atoms with Crippen molar-refractivity contribution in [2.75, 3.05) is 0 Å². The molecule has 0 saturated carbocycles. The molecule has 0 amide bonds. The quantitative estimate of drug-likeness (QED) is 0.552. The van der Waals surface area contributed by atoms with Gasteiger partial charge in [-0.25, -0.2) is 0 Å². The van der Waals surface area contributed by atoms with E-state index in [0.29, 0.717) is 0 Å². The molecule has 1 rings (SSSR count). The molecule has 11 heavy (non-hydrogen) atoms. The molecule has 62 valence electrons.